The second-order valence-corrected chi connectivity index (χ2v) is 4.22. The van der Waals surface area contributed by atoms with E-state index in [0.717, 1.165) is 14.7 Å². The molecule has 0 aromatic heterocycles. The van der Waals surface area contributed by atoms with Crippen molar-refractivity contribution in [3.8, 4) is 0 Å². The van der Waals surface area contributed by atoms with Gasteiger partial charge >= 0.3 is 5.97 Å². The molecule has 0 aliphatic rings. The van der Waals surface area contributed by atoms with Gasteiger partial charge in [-0.05, 0) is 53.6 Å². The minimum Gasteiger partial charge on any atom is -0.463 e. The summed E-state index contributed by atoms with van der Waals surface area (Å²) in [7, 11) is 0. The van der Waals surface area contributed by atoms with E-state index in [1.54, 1.807) is 6.92 Å². The first kappa shape index (κ1) is 12.2. The van der Waals surface area contributed by atoms with Crippen LogP contribution in [0.1, 0.15) is 19.4 Å². The van der Waals surface area contributed by atoms with E-state index in [1.165, 1.54) is 6.08 Å². The van der Waals surface area contributed by atoms with Gasteiger partial charge in [-0.15, -0.1) is 0 Å². The highest BCUT2D eigenvalue weighted by atomic mass is 127. The lowest BCUT2D eigenvalue weighted by atomic mass is 10.1. The molecule has 1 rings (SSSR count). The number of rotatable bonds is 3. The topological polar surface area (TPSA) is 26.3 Å². The molecule has 0 atom stereocenters. The van der Waals surface area contributed by atoms with Crippen molar-refractivity contribution in [1.82, 2.24) is 0 Å². The van der Waals surface area contributed by atoms with E-state index in [0.29, 0.717) is 6.61 Å². The van der Waals surface area contributed by atoms with Crippen LogP contribution in [0.25, 0.3) is 5.57 Å². The normalized spacial score (nSPS) is 11.3. The molecule has 80 valence electrons. The van der Waals surface area contributed by atoms with Gasteiger partial charge in [-0.1, -0.05) is 18.2 Å². The molecule has 0 amide bonds. The molecule has 3 heteroatoms. The Morgan fingerprint density at radius 1 is 1.47 bits per heavy atom. The Kier molecular flexibility index (Phi) is 4.81. The number of esters is 1. The lowest BCUT2D eigenvalue weighted by molar-refractivity contribution is -0.137. The fraction of sp³-hybridized carbons (Fsp3) is 0.250. The van der Waals surface area contributed by atoms with Gasteiger partial charge < -0.3 is 4.74 Å². The summed E-state index contributed by atoms with van der Waals surface area (Å²) in [4.78, 5) is 11.2. The Labute approximate surface area is 103 Å². The maximum absolute atomic E-state index is 11.2. The number of hydrogen-bond donors (Lipinski definition) is 0. The van der Waals surface area contributed by atoms with E-state index in [4.69, 9.17) is 4.74 Å². The van der Waals surface area contributed by atoms with Crippen molar-refractivity contribution in [2.24, 2.45) is 0 Å². The number of carbonyl (C=O) groups is 1. The maximum Gasteiger partial charge on any atom is 0.331 e. The van der Waals surface area contributed by atoms with Crippen LogP contribution in [-0.4, -0.2) is 12.6 Å². The molecule has 2 nitrogen and oxygen atoms in total. The predicted octanol–water partition coefficient (Wildman–Crippen LogP) is 3.26. The second kappa shape index (κ2) is 5.90. The van der Waals surface area contributed by atoms with Gasteiger partial charge in [-0.3, -0.25) is 0 Å². The Bertz CT molecular complexity index is 383. The van der Waals surface area contributed by atoms with Crippen molar-refractivity contribution in [3.05, 3.63) is 39.5 Å². The van der Waals surface area contributed by atoms with E-state index >= 15 is 0 Å². The van der Waals surface area contributed by atoms with Crippen molar-refractivity contribution < 1.29 is 9.53 Å². The largest absolute Gasteiger partial charge is 0.463 e. The number of hydrogen-bond acceptors (Lipinski definition) is 2. The zero-order valence-corrected chi connectivity index (χ0v) is 10.9. The van der Waals surface area contributed by atoms with Gasteiger partial charge in [-0.2, -0.15) is 0 Å². The SMILES string of the molecule is CCOC(=O)/C=C(/C)c1ccccc1I. The Morgan fingerprint density at radius 2 is 2.13 bits per heavy atom. The number of ether oxygens (including phenoxy) is 1. The van der Waals surface area contributed by atoms with Crippen LogP contribution in [0.3, 0.4) is 0 Å². The Morgan fingerprint density at radius 3 is 2.73 bits per heavy atom. The van der Waals surface area contributed by atoms with Crippen LogP contribution >= 0.6 is 22.6 Å². The standard InChI is InChI=1S/C12H13IO2/c1-3-15-12(14)8-9(2)10-6-4-5-7-11(10)13/h4-8H,3H2,1-2H3/b9-8-. The van der Waals surface area contributed by atoms with Crippen LogP contribution in [0.5, 0.6) is 0 Å². The second-order valence-electron chi connectivity index (χ2n) is 3.06. The van der Waals surface area contributed by atoms with Gasteiger partial charge in [0.15, 0.2) is 0 Å². The Hall–Kier alpha value is -0.840. The van der Waals surface area contributed by atoms with E-state index in [9.17, 15) is 4.79 Å². The first-order valence-electron chi connectivity index (χ1n) is 4.75. The third-order valence-corrected chi connectivity index (χ3v) is 2.86. The van der Waals surface area contributed by atoms with E-state index in [2.05, 4.69) is 22.6 Å². The number of halogens is 1. The van der Waals surface area contributed by atoms with Crippen molar-refractivity contribution in [2.75, 3.05) is 6.61 Å². The number of benzene rings is 1. The summed E-state index contributed by atoms with van der Waals surface area (Å²) in [6.07, 6.45) is 1.53. The Balaban J connectivity index is 2.89. The molecule has 15 heavy (non-hydrogen) atoms. The molecule has 0 radical (unpaired) electrons. The molecule has 0 aliphatic heterocycles. The zero-order valence-electron chi connectivity index (χ0n) is 8.79. The van der Waals surface area contributed by atoms with Crippen molar-refractivity contribution >= 4 is 34.1 Å². The molecule has 0 N–H and O–H groups in total. The molecule has 0 unspecified atom stereocenters. The van der Waals surface area contributed by atoms with Gasteiger partial charge in [0, 0.05) is 9.65 Å². The van der Waals surface area contributed by atoms with Crippen LogP contribution in [0.4, 0.5) is 0 Å². The lowest BCUT2D eigenvalue weighted by Gasteiger charge is -2.04. The third kappa shape index (κ3) is 3.66. The molecule has 0 bridgehead atoms. The summed E-state index contributed by atoms with van der Waals surface area (Å²) in [5.74, 6) is -0.283. The first-order valence-corrected chi connectivity index (χ1v) is 5.83. The van der Waals surface area contributed by atoms with Crippen LogP contribution < -0.4 is 0 Å². The fourth-order valence-corrected chi connectivity index (χ4v) is 2.03. The maximum atomic E-state index is 11.2. The average molecular weight is 316 g/mol. The monoisotopic (exact) mass is 316 g/mol. The van der Waals surface area contributed by atoms with Crippen LogP contribution in [0, 0.1) is 3.57 Å². The van der Waals surface area contributed by atoms with Crippen LogP contribution in [-0.2, 0) is 9.53 Å². The highest BCUT2D eigenvalue weighted by Crippen LogP contribution is 2.20. The molecular formula is C12H13IO2. The van der Waals surface area contributed by atoms with Crippen molar-refractivity contribution in [3.63, 3.8) is 0 Å². The zero-order chi connectivity index (χ0) is 11.3. The summed E-state index contributed by atoms with van der Waals surface area (Å²) in [6.45, 7) is 4.12. The molecule has 0 spiro atoms. The molecule has 1 aromatic carbocycles. The average Bonchev–Trinajstić information content (AvgIpc) is 2.18. The predicted molar refractivity (Wildman–Crippen MR) is 69.4 cm³/mol. The molecule has 0 aliphatic carbocycles. The fourth-order valence-electron chi connectivity index (χ4n) is 1.22. The third-order valence-electron chi connectivity index (χ3n) is 1.92. The number of allylic oxidation sites excluding steroid dienone is 1. The minimum atomic E-state index is -0.283. The van der Waals surface area contributed by atoms with Crippen molar-refractivity contribution in [1.29, 1.82) is 0 Å². The molecule has 0 saturated carbocycles. The lowest BCUT2D eigenvalue weighted by Crippen LogP contribution is -2.00. The summed E-state index contributed by atoms with van der Waals surface area (Å²) >= 11 is 2.25. The van der Waals surface area contributed by atoms with Gasteiger partial charge in [-0.25, -0.2) is 4.79 Å². The summed E-state index contributed by atoms with van der Waals surface area (Å²) < 4.78 is 5.99. The van der Waals surface area contributed by atoms with Crippen LogP contribution in [0.2, 0.25) is 0 Å². The summed E-state index contributed by atoms with van der Waals surface area (Å²) in [5.41, 5.74) is 2.00. The van der Waals surface area contributed by atoms with Crippen LogP contribution in [0.15, 0.2) is 30.3 Å². The van der Waals surface area contributed by atoms with Gasteiger partial charge in [0.25, 0.3) is 0 Å². The molecule has 1 aromatic rings. The van der Waals surface area contributed by atoms with E-state index < -0.39 is 0 Å². The highest BCUT2D eigenvalue weighted by molar-refractivity contribution is 14.1. The van der Waals surface area contributed by atoms with Gasteiger partial charge in [0.05, 0.1) is 6.61 Å². The molecule has 0 saturated heterocycles. The molecular weight excluding hydrogens is 303 g/mol. The van der Waals surface area contributed by atoms with E-state index in [-0.39, 0.29) is 5.97 Å². The number of carbonyl (C=O) groups excluding carboxylic acids is 1. The molecule has 0 heterocycles. The van der Waals surface area contributed by atoms with Crippen molar-refractivity contribution in [2.45, 2.75) is 13.8 Å². The minimum absolute atomic E-state index is 0.283. The highest BCUT2D eigenvalue weighted by Gasteiger charge is 2.03. The van der Waals surface area contributed by atoms with E-state index in [1.807, 2.05) is 31.2 Å². The summed E-state index contributed by atoms with van der Waals surface area (Å²) in [5, 5.41) is 0. The van der Waals surface area contributed by atoms with Gasteiger partial charge in [0.1, 0.15) is 0 Å². The first-order chi connectivity index (χ1) is 7.15. The summed E-state index contributed by atoms with van der Waals surface area (Å²) in [6, 6.07) is 7.94. The smallest absolute Gasteiger partial charge is 0.331 e. The van der Waals surface area contributed by atoms with Gasteiger partial charge in [0.2, 0.25) is 0 Å². The quantitative estimate of drug-likeness (QED) is 0.486. The molecule has 0 fully saturated rings.